The van der Waals surface area contributed by atoms with E-state index < -0.39 is 5.97 Å². The summed E-state index contributed by atoms with van der Waals surface area (Å²) >= 11 is 0. The van der Waals surface area contributed by atoms with Crippen molar-refractivity contribution in [2.45, 2.75) is 0 Å². The van der Waals surface area contributed by atoms with Gasteiger partial charge >= 0.3 is 16.1 Å². The molecule has 0 aliphatic carbocycles. The van der Waals surface area contributed by atoms with E-state index in [0.717, 1.165) is 6.08 Å². The monoisotopic (exact) mass is 83.0 g/mol. The SMILES string of the molecule is C=CC(=O)O.[Be+2].[H-].[H-]. The van der Waals surface area contributed by atoms with Gasteiger partial charge in [0.15, 0.2) is 0 Å². The van der Waals surface area contributed by atoms with Crippen LogP contribution >= 0.6 is 0 Å². The van der Waals surface area contributed by atoms with Crippen LogP contribution in [0.3, 0.4) is 0 Å². The topological polar surface area (TPSA) is 37.3 Å². The number of aliphatic carboxylic acids is 1. The van der Waals surface area contributed by atoms with Gasteiger partial charge in [-0.2, -0.15) is 0 Å². The van der Waals surface area contributed by atoms with E-state index >= 15 is 0 Å². The molecule has 0 aromatic carbocycles. The first-order valence-corrected chi connectivity index (χ1v) is 1.12. The van der Waals surface area contributed by atoms with E-state index in [4.69, 9.17) is 5.11 Å². The van der Waals surface area contributed by atoms with Crippen LogP contribution in [0, 0.1) is 0 Å². The van der Waals surface area contributed by atoms with Crippen molar-refractivity contribution < 1.29 is 12.8 Å². The smallest absolute Gasteiger partial charge is 1.00 e. The maximum Gasteiger partial charge on any atom is 2.00 e. The van der Waals surface area contributed by atoms with Crippen molar-refractivity contribution in [3.8, 4) is 0 Å². The molecule has 0 atom stereocenters. The van der Waals surface area contributed by atoms with E-state index in [-0.39, 0.29) is 13.0 Å². The Labute approximate surface area is 42.7 Å². The molecular formula is C3H6BeO2. The van der Waals surface area contributed by atoms with Crippen molar-refractivity contribution in [1.82, 2.24) is 0 Å². The van der Waals surface area contributed by atoms with Crippen molar-refractivity contribution in [3.05, 3.63) is 12.7 Å². The van der Waals surface area contributed by atoms with Crippen molar-refractivity contribution in [3.63, 3.8) is 0 Å². The van der Waals surface area contributed by atoms with Gasteiger partial charge in [-0.15, -0.1) is 0 Å². The summed E-state index contributed by atoms with van der Waals surface area (Å²) < 4.78 is 0. The Kier molecular flexibility index (Phi) is 6.59. The van der Waals surface area contributed by atoms with Gasteiger partial charge in [-0.3, -0.25) is 0 Å². The van der Waals surface area contributed by atoms with E-state index in [1.807, 2.05) is 0 Å². The number of hydrogen-bond donors (Lipinski definition) is 1. The number of rotatable bonds is 1. The van der Waals surface area contributed by atoms with Gasteiger partial charge in [0.25, 0.3) is 0 Å². The second-order valence-electron chi connectivity index (χ2n) is 0.542. The van der Waals surface area contributed by atoms with Gasteiger partial charge in [0.1, 0.15) is 0 Å². The number of carboxylic acids is 1. The summed E-state index contributed by atoms with van der Waals surface area (Å²) in [5.41, 5.74) is 0. The molecule has 0 saturated carbocycles. The first-order valence-electron chi connectivity index (χ1n) is 1.12. The molecular weight excluding hydrogens is 77.0 g/mol. The molecule has 0 fully saturated rings. The number of carboxylic acid groups (broad SMARTS) is 1. The number of carbonyl (C=O) groups is 1. The Balaban J connectivity index is -0.0000000267. The third-order valence-electron chi connectivity index (χ3n) is 0.175. The van der Waals surface area contributed by atoms with Crippen LogP contribution in [0.15, 0.2) is 12.7 Å². The van der Waals surface area contributed by atoms with Gasteiger partial charge in [-0.05, 0) is 0 Å². The molecule has 0 spiro atoms. The predicted octanol–water partition coefficient (Wildman–Crippen LogP) is 0.101. The molecule has 0 aromatic heterocycles. The van der Waals surface area contributed by atoms with Crippen LogP contribution in [0.1, 0.15) is 2.85 Å². The summed E-state index contributed by atoms with van der Waals surface area (Å²) in [5, 5.41) is 7.60. The summed E-state index contributed by atoms with van der Waals surface area (Å²) in [5.74, 6) is -0.981. The summed E-state index contributed by atoms with van der Waals surface area (Å²) in [6, 6.07) is 0. The van der Waals surface area contributed by atoms with Crippen LogP contribution < -0.4 is 0 Å². The van der Waals surface area contributed by atoms with Crippen LogP contribution in [0.25, 0.3) is 0 Å². The molecule has 6 heavy (non-hydrogen) atoms. The molecule has 3 heteroatoms. The van der Waals surface area contributed by atoms with Crippen LogP contribution in [-0.4, -0.2) is 21.2 Å². The molecule has 0 bridgehead atoms. The second kappa shape index (κ2) is 4.38. The van der Waals surface area contributed by atoms with E-state index in [1.54, 1.807) is 0 Å². The predicted molar refractivity (Wildman–Crippen MR) is 25.8 cm³/mol. The Hall–Kier alpha value is -0.621. The van der Waals surface area contributed by atoms with Crippen molar-refractivity contribution in [2.75, 3.05) is 0 Å². The van der Waals surface area contributed by atoms with Crippen LogP contribution in [0.4, 0.5) is 0 Å². The van der Waals surface area contributed by atoms with Crippen LogP contribution in [0.5, 0.6) is 0 Å². The molecule has 0 radical (unpaired) electrons. The van der Waals surface area contributed by atoms with Gasteiger partial charge in [0.05, 0.1) is 0 Å². The Bertz CT molecular complexity index is 66.3. The molecule has 2 nitrogen and oxygen atoms in total. The number of hydrogen-bond acceptors (Lipinski definition) is 1. The zero-order valence-electron chi connectivity index (χ0n) is 5.35. The van der Waals surface area contributed by atoms with Crippen LogP contribution in [-0.2, 0) is 4.79 Å². The molecule has 0 rings (SSSR count). The average Bonchev–Trinajstić information content (AvgIpc) is 1.38. The molecule has 0 amide bonds. The zero-order valence-corrected chi connectivity index (χ0v) is 3.35. The molecule has 0 aliphatic rings. The Morgan fingerprint density at radius 2 is 2.17 bits per heavy atom. The van der Waals surface area contributed by atoms with Crippen molar-refractivity contribution in [1.29, 1.82) is 0 Å². The summed E-state index contributed by atoms with van der Waals surface area (Å²) in [6.45, 7) is 2.96. The van der Waals surface area contributed by atoms with E-state index in [0.29, 0.717) is 0 Å². The maximum atomic E-state index is 9.25. The van der Waals surface area contributed by atoms with E-state index in [9.17, 15) is 4.79 Å². The molecule has 0 heterocycles. The second-order valence-corrected chi connectivity index (χ2v) is 0.542. The van der Waals surface area contributed by atoms with E-state index in [1.165, 1.54) is 0 Å². The van der Waals surface area contributed by atoms with Crippen molar-refractivity contribution >= 4 is 16.1 Å². The van der Waals surface area contributed by atoms with Gasteiger partial charge in [0.2, 0.25) is 0 Å². The fourth-order valence-corrected chi connectivity index (χ4v) is 0. The summed E-state index contributed by atoms with van der Waals surface area (Å²) in [4.78, 5) is 9.25. The normalized spacial score (nSPS) is 5.33. The minimum absolute atomic E-state index is 0. The van der Waals surface area contributed by atoms with Gasteiger partial charge in [0, 0.05) is 6.08 Å². The maximum absolute atomic E-state index is 9.25. The third-order valence-corrected chi connectivity index (χ3v) is 0.175. The molecule has 0 unspecified atom stereocenters. The zero-order chi connectivity index (χ0) is 4.28. The molecule has 0 saturated heterocycles. The molecule has 32 valence electrons. The van der Waals surface area contributed by atoms with E-state index in [2.05, 4.69) is 6.58 Å². The fraction of sp³-hybridized carbons (Fsp3) is 0. The minimum atomic E-state index is -0.981. The van der Waals surface area contributed by atoms with Gasteiger partial charge < -0.3 is 7.96 Å². The van der Waals surface area contributed by atoms with Gasteiger partial charge in [-0.1, -0.05) is 6.58 Å². The van der Waals surface area contributed by atoms with Crippen LogP contribution in [0.2, 0.25) is 0 Å². The van der Waals surface area contributed by atoms with Crippen molar-refractivity contribution in [2.24, 2.45) is 0 Å². The molecule has 1 N–H and O–H groups in total. The summed E-state index contributed by atoms with van der Waals surface area (Å²) in [7, 11) is 0. The summed E-state index contributed by atoms with van der Waals surface area (Å²) in [6.07, 6.45) is 0.833. The molecule has 0 aliphatic heterocycles. The van der Waals surface area contributed by atoms with Gasteiger partial charge in [-0.25, -0.2) is 4.79 Å². The average molecular weight is 83.1 g/mol. The Morgan fingerprint density at radius 3 is 2.17 bits per heavy atom. The minimum Gasteiger partial charge on any atom is -1.00 e. The first kappa shape index (κ1) is 9.03. The third kappa shape index (κ3) is 10.1. The first-order chi connectivity index (χ1) is 2.27. The quantitative estimate of drug-likeness (QED) is 0.360. The largest absolute Gasteiger partial charge is 2.00 e. The molecule has 0 aromatic rings. The Morgan fingerprint density at radius 1 is 2.00 bits per heavy atom. The fourth-order valence-electron chi connectivity index (χ4n) is 0. The standard InChI is InChI=1S/C3H4O2.Be.2H/c1-2-3(4)5;;;/h2H,1H2,(H,4,5);;;/q;+2;2*-1.